The molecule has 0 amide bonds. The van der Waals surface area contributed by atoms with Gasteiger partial charge in [0.05, 0.1) is 31.5 Å². The van der Waals surface area contributed by atoms with E-state index in [1.54, 1.807) is 10.6 Å². The Hall–Kier alpha value is -4.34. The average Bonchev–Trinajstić information content (AvgIpc) is 3.00. The van der Waals surface area contributed by atoms with Crippen LogP contribution in [0.3, 0.4) is 0 Å². The molecule has 10 heteroatoms. The van der Waals surface area contributed by atoms with Gasteiger partial charge >= 0.3 is 0 Å². The van der Waals surface area contributed by atoms with Crippen molar-refractivity contribution in [3.63, 3.8) is 0 Å². The zero-order chi connectivity index (χ0) is 20.0. The Morgan fingerprint density at radius 3 is 1.54 bits per heavy atom. The quantitative estimate of drug-likeness (QED) is 0.379. The van der Waals surface area contributed by atoms with Crippen molar-refractivity contribution in [3.8, 4) is 5.69 Å². The SMILES string of the molecule is O=[N+]([O-])c1cccc(-n2c3ccc([N+](=O)[O-])cc3c3cc([N+](=O)[O-])ccc32)c1. The molecule has 0 radical (unpaired) electrons. The Morgan fingerprint density at radius 1 is 0.607 bits per heavy atom. The molecule has 3 aromatic carbocycles. The van der Waals surface area contributed by atoms with Crippen LogP contribution in [0.1, 0.15) is 0 Å². The molecule has 10 nitrogen and oxygen atoms in total. The van der Waals surface area contributed by atoms with Crippen molar-refractivity contribution in [3.05, 3.63) is 91.0 Å². The summed E-state index contributed by atoms with van der Waals surface area (Å²) in [6.45, 7) is 0. The minimum absolute atomic E-state index is 0.115. The van der Waals surface area contributed by atoms with E-state index in [2.05, 4.69) is 0 Å². The van der Waals surface area contributed by atoms with Crippen molar-refractivity contribution >= 4 is 38.9 Å². The maximum Gasteiger partial charge on any atom is 0.271 e. The fourth-order valence-corrected chi connectivity index (χ4v) is 3.25. The number of fused-ring (bicyclic) bond motifs is 3. The topological polar surface area (TPSA) is 134 Å². The minimum Gasteiger partial charge on any atom is -0.309 e. The largest absolute Gasteiger partial charge is 0.309 e. The summed E-state index contributed by atoms with van der Waals surface area (Å²) in [5.74, 6) is 0. The van der Waals surface area contributed by atoms with E-state index in [0.29, 0.717) is 27.5 Å². The van der Waals surface area contributed by atoms with Crippen LogP contribution >= 0.6 is 0 Å². The van der Waals surface area contributed by atoms with E-state index in [4.69, 9.17) is 0 Å². The normalized spacial score (nSPS) is 11.0. The number of nitro groups is 3. The first kappa shape index (κ1) is 17.1. The number of aromatic nitrogens is 1. The van der Waals surface area contributed by atoms with E-state index in [0.717, 1.165) is 0 Å². The van der Waals surface area contributed by atoms with Gasteiger partial charge in [0.1, 0.15) is 0 Å². The van der Waals surface area contributed by atoms with E-state index in [9.17, 15) is 30.3 Å². The third kappa shape index (κ3) is 2.60. The van der Waals surface area contributed by atoms with Gasteiger partial charge in [0, 0.05) is 47.2 Å². The highest BCUT2D eigenvalue weighted by molar-refractivity contribution is 6.10. The molecular formula is C18H10N4O6. The second-order valence-corrected chi connectivity index (χ2v) is 6.03. The van der Waals surface area contributed by atoms with E-state index < -0.39 is 14.8 Å². The van der Waals surface area contributed by atoms with Gasteiger partial charge in [0.2, 0.25) is 0 Å². The molecule has 4 aromatic rings. The Morgan fingerprint density at radius 2 is 1.07 bits per heavy atom. The number of nitrogens with zero attached hydrogens (tertiary/aromatic N) is 4. The lowest BCUT2D eigenvalue weighted by Crippen LogP contribution is -1.96. The van der Waals surface area contributed by atoms with Gasteiger partial charge in [-0.1, -0.05) is 6.07 Å². The Labute approximate surface area is 155 Å². The van der Waals surface area contributed by atoms with Crippen molar-refractivity contribution in [2.24, 2.45) is 0 Å². The number of rotatable bonds is 4. The average molecular weight is 378 g/mol. The number of hydrogen-bond donors (Lipinski definition) is 0. The summed E-state index contributed by atoms with van der Waals surface area (Å²) in [5, 5.41) is 34.4. The van der Waals surface area contributed by atoms with Crippen molar-refractivity contribution < 1.29 is 14.8 Å². The molecule has 0 bridgehead atoms. The summed E-state index contributed by atoms with van der Waals surface area (Å²) < 4.78 is 1.69. The first-order valence-corrected chi connectivity index (χ1v) is 7.98. The van der Waals surface area contributed by atoms with Crippen LogP contribution < -0.4 is 0 Å². The zero-order valence-electron chi connectivity index (χ0n) is 14.0. The van der Waals surface area contributed by atoms with E-state index in [1.165, 1.54) is 54.6 Å². The molecule has 0 spiro atoms. The van der Waals surface area contributed by atoms with Crippen LogP contribution in [0.4, 0.5) is 17.1 Å². The predicted molar refractivity (Wildman–Crippen MR) is 101 cm³/mol. The maximum absolute atomic E-state index is 11.2. The third-order valence-electron chi connectivity index (χ3n) is 4.45. The standard InChI is InChI=1S/C18H10N4O6/c23-20(24)12-3-1-2-11(8-12)19-17-6-4-13(21(25)26)9-15(17)16-10-14(22(27)28)5-7-18(16)19/h1-10H. The second-order valence-electron chi connectivity index (χ2n) is 6.03. The monoisotopic (exact) mass is 378 g/mol. The molecule has 0 aliphatic rings. The van der Waals surface area contributed by atoms with Gasteiger partial charge in [-0.3, -0.25) is 30.3 Å². The minimum atomic E-state index is -0.548. The number of nitro benzene ring substituents is 3. The van der Waals surface area contributed by atoms with Gasteiger partial charge in [-0.25, -0.2) is 0 Å². The van der Waals surface area contributed by atoms with Crippen molar-refractivity contribution in [2.45, 2.75) is 0 Å². The lowest BCUT2D eigenvalue weighted by atomic mass is 10.1. The van der Waals surface area contributed by atoms with Crippen LogP contribution in [0.25, 0.3) is 27.5 Å². The number of hydrogen-bond acceptors (Lipinski definition) is 6. The summed E-state index contributed by atoms with van der Waals surface area (Å²) >= 11 is 0. The molecule has 138 valence electrons. The predicted octanol–water partition coefficient (Wildman–Crippen LogP) is 4.51. The first-order chi connectivity index (χ1) is 13.4. The molecule has 0 aliphatic carbocycles. The van der Waals surface area contributed by atoms with E-state index >= 15 is 0 Å². The highest BCUT2D eigenvalue weighted by atomic mass is 16.6. The van der Waals surface area contributed by atoms with Crippen LogP contribution in [0.5, 0.6) is 0 Å². The molecule has 0 fully saturated rings. The van der Waals surface area contributed by atoms with E-state index in [-0.39, 0.29) is 17.1 Å². The fraction of sp³-hybridized carbons (Fsp3) is 0. The summed E-state index contributed by atoms with van der Waals surface area (Å²) in [5.41, 5.74) is 1.13. The van der Waals surface area contributed by atoms with Crippen LogP contribution in [-0.4, -0.2) is 19.3 Å². The second kappa shape index (κ2) is 6.13. The molecule has 0 aliphatic heterocycles. The molecule has 28 heavy (non-hydrogen) atoms. The van der Waals surface area contributed by atoms with Gasteiger partial charge in [-0.2, -0.15) is 0 Å². The Kier molecular flexibility index (Phi) is 3.74. The van der Waals surface area contributed by atoms with Gasteiger partial charge in [-0.15, -0.1) is 0 Å². The van der Waals surface area contributed by atoms with Crippen LogP contribution in [0, 0.1) is 30.3 Å². The lowest BCUT2D eigenvalue weighted by Gasteiger charge is -2.07. The lowest BCUT2D eigenvalue weighted by molar-refractivity contribution is -0.385. The van der Waals surface area contributed by atoms with Crippen LogP contribution in [0.15, 0.2) is 60.7 Å². The molecule has 1 aromatic heterocycles. The molecule has 0 atom stereocenters. The van der Waals surface area contributed by atoms with Gasteiger partial charge < -0.3 is 4.57 Å². The molecule has 0 unspecified atom stereocenters. The summed E-state index contributed by atoms with van der Waals surface area (Å²) in [6.07, 6.45) is 0. The molecule has 0 saturated carbocycles. The van der Waals surface area contributed by atoms with Gasteiger partial charge in [0.25, 0.3) is 17.1 Å². The Balaban J connectivity index is 2.12. The van der Waals surface area contributed by atoms with Crippen molar-refractivity contribution in [2.75, 3.05) is 0 Å². The van der Waals surface area contributed by atoms with Gasteiger partial charge in [-0.05, 0) is 18.2 Å². The van der Waals surface area contributed by atoms with Crippen molar-refractivity contribution in [1.82, 2.24) is 4.57 Å². The highest BCUT2D eigenvalue weighted by Gasteiger charge is 2.19. The summed E-state index contributed by atoms with van der Waals surface area (Å²) in [4.78, 5) is 31.9. The van der Waals surface area contributed by atoms with Crippen LogP contribution in [0.2, 0.25) is 0 Å². The number of benzene rings is 3. The van der Waals surface area contributed by atoms with Gasteiger partial charge in [0.15, 0.2) is 0 Å². The molecule has 0 N–H and O–H groups in total. The fourth-order valence-electron chi connectivity index (χ4n) is 3.25. The molecule has 0 saturated heterocycles. The highest BCUT2D eigenvalue weighted by Crippen LogP contribution is 2.36. The first-order valence-electron chi connectivity index (χ1n) is 7.98. The summed E-state index contributed by atoms with van der Waals surface area (Å²) in [6, 6.07) is 14.3. The third-order valence-corrected chi connectivity index (χ3v) is 4.45. The molecular weight excluding hydrogens is 368 g/mol. The maximum atomic E-state index is 11.2. The molecule has 1 heterocycles. The van der Waals surface area contributed by atoms with Crippen LogP contribution in [-0.2, 0) is 0 Å². The molecule has 4 rings (SSSR count). The Bertz CT molecular complexity index is 1240. The summed E-state index contributed by atoms with van der Waals surface area (Å²) in [7, 11) is 0. The van der Waals surface area contributed by atoms with E-state index in [1.807, 2.05) is 0 Å². The zero-order valence-corrected chi connectivity index (χ0v) is 14.0. The smallest absolute Gasteiger partial charge is 0.271 e. The van der Waals surface area contributed by atoms with Crippen molar-refractivity contribution in [1.29, 1.82) is 0 Å². The number of non-ortho nitro benzene ring substituents is 3.